The molecule has 0 spiro atoms. The smallest absolute Gasteiger partial charge is 0.0886 e. The number of methoxy groups -OCH3 is 1. The van der Waals surface area contributed by atoms with Crippen LogP contribution >= 0.6 is 0 Å². The Labute approximate surface area is 103 Å². The van der Waals surface area contributed by atoms with Crippen LogP contribution in [0.25, 0.3) is 0 Å². The van der Waals surface area contributed by atoms with Crippen LogP contribution in [-0.2, 0) is 4.74 Å². The molecule has 0 radical (unpaired) electrons. The van der Waals surface area contributed by atoms with Crippen molar-refractivity contribution in [3.63, 3.8) is 0 Å². The van der Waals surface area contributed by atoms with Gasteiger partial charge in [0.25, 0.3) is 0 Å². The van der Waals surface area contributed by atoms with Crippen LogP contribution in [0.5, 0.6) is 0 Å². The standard InChI is InChI=1S/C13H21N3O/c1-10-5-6-11(9-15-10)12(16-14)13(17-2)7-3-4-8-13/h5-6,9,12,16H,3-4,7-8,14H2,1-2H3. The van der Waals surface area contributed by atoms with Crippen molar-refractivity contribution in [3.05, 3.63) is 29.6 Å². The Hall–Kier alpha value is -0.970. The normalized spacial score (nSPS) is 20.4. The fourth-order valence-electron chi connectivity index (χ4n) is 2.79. The molecule has 0 aliphatic heterocycles. The summed E-state index contributed by atoms with van der Waals surface area (Å²) in [6, 6.07) is 4.10. The summed E-state index contributed by atoms with van der Waals surface area (Å²) in [4.78, 5) is 4.33. The van der Waals surface area contributed by atoms with Gasteiger partial charge in [0.15, 0.2) is 0 Å². The summed E-state index contributed by atoms with van der Waals surface area (Å²) in [7, 11) is 1.78. The zero-order chi connectivity index (χ0) is 12.3. The Morgan fingerprint density at radius 3 is 2.59 bits per heavy atom. The summed E-state index contributed by atoms with van der Waals surface area (Å²) in [6.45, 7) is 1.98. The van der Waals surface area contributed by atoms with E-state index in [9.17, 15) is 0 Å². The molecule has 2 rings (SSSR count). The third kappa shape index (κ3) is 2.34. The van der Waals surface area contributed by atoms with E-state index in [1.54, 1.807) is 7.11 Å². The molecule has 4 nitrogen and oxygen atoms in total. The van der Waals surface area contributed by atoms with Crippen molar-refractivity contribution in [2.75, 3.05) is 7.11 Å². The molecule has 1 heterocycles. The molecule has 4 heteroatoms. The molecule has 0 bridgehead atoms. The van der Waals surface area contributed by atoms with E-state index in [1.807, 2.05) is 19.2 Å². The molecule has 0 aromatic carbocycles. The van der Waals surface area contributed by atoms with E-state index in [4.69, 9.17) is 10.6 Å². The zero-order valence-electron chi connectivity index (χ0n) is 10.6. The van der Waals surface area contributed by atoms with E-state index in [0.29, 0.717) is 0 Å². The minimum absolute atomic E-state index is 0.0168. The number of ether oxygens (including phenoxy) is 1. The summed E-state index contributed by atoms with van der Waals surface area (Å²) >= 11 is 0. The first kappa shape index (κ1) is 12.5. The van der Waals surface area contributed by atoms with Crippen molar-refractivity contribution in [2.24, 2.45) is 5.84 Å². The number of nitrogens with zero attached hydrogens (tertiary/aromatic N) is 1. The zero-order valence-corrected chi connectivity index (χ0v) is 10.6. The highest BCUT2D eigenvalue weighted by molar-refractivity contribution is 5.21. The predicted molar refractivity (Wildman–Crippen MR) is 67.2 cm³/mol. The molecule has 1 unspecified atom stereocenters. The first-order chi connectivity index (χ1) is 8.22. The monoisotopic (exact) mass is 235 g/mol. The number of nitrogens with one attached hydrogen (secondary N) is 1. The maximum atomic E-state index is 5.77. The van der Waals surface area contributed by atoms with E-state index in [-0.39, 0.29) is 11.6 Å². The minimum atomic E-state index is -0.175. The molecule has 1 atom stereocenters. The van der Waals surface area contributed by atoms with E-state index < -0.39 is 0 Å². The lowest BCUT2D eigenvalue weighted by molar-refractivity contribution is -0.0369. The molecule has 17 heavy (non-hydrogen) atoms. The van der Waals surface area contributed by atoms with Crippen molar-refractivity contribution in [1.82, 2.24) is 10.4 Å². The van der Waals surface area contributed by atoms with Gasteiger partial charge in [-0.2, -0.15) is 0 Å². The number of hydrogen-bond acceptors (Lipinski definition) is 4. The average Bonchev–Trinajstić information content (AvgIpc) is 2.82. The van der Waals surface area contributed by atoms with E-state index in [2.05, 4.69) is 16.5 Å². The van der Waals surface area contributed by atoms with E-state index in [1.165, 1.54) is 12.8 Å². The van der Waals surface area contributed by atoms with Crippen LogP contribution in [0, 0.1) is 6.92 Å². The quantitative estimate of drug-likeness (QED) is 0.617. The highest BCUT2D eigenvalue weighted by atomic mass is 16.5. The van der Waals surface area contributed by atoms with Crippen LogP contribution in [0.2, 0.25) is 0 Å². The molecule has 1 saturated carbocycles. The number of nitrogens with two attached hydrogens (primary N) is 1. The van der Waals surface area contributed by atoms with Crippen LogP contribution in [0.3, 0.4) is 0 Å². The fraction of sp³-hybridized carbons (Fsp3) is 0.615. The van der Waals surface area contributed by atoms with Gasteiger partial charge in [0, 0.05) is 19.0 Å². The predicted octanol–water partition coefficient (Wildman–Crippen LogP) is 1.85. The lowest BCUT2D eigenvalue weighted by Gasteiger charge is -2.36. The van der Waals surface area contributed by atoms with Gasteiger partial charge in [-0.3, -0.25) is 16.3 Å². The molecule has 1 aliphatic carbocycles. The third-order valence-corrected chi connectivity index (χ3v) is 3.82. The topological polar surface area (TPSA) is 60.2 Å². The molecule has 1 aromatic rings. The maximum absolute atomic E-state index is 5.77. The summed E-state index contributed by atoms with van der Waals surface area (Å²) < 4.78 is 5.77. The van der Waals surface area contributed by atoms with Gasteiger partial charge in [0.1, 0.15) is 0 Å². The summed E-state index contributed by atoms with van der Waals surface area (Å²) in [5, 5.41) is 0. The van der Waals surface area contributed by atoms with E-state index in [0.717, 1.165) is 24.1 Å². The molecular weight excluding hydrogens is 214 g/mol. The summed E-state index contributed by atoms with van der Waals surface area (Å²) in [6.07, 6.45) is 6.38. The van der Waals surface area contributed by atoms with Crippen LogP contribution in [0.15, 0.2) is 18.3 Å². The molecule has 1 aliphatic rings. The van der Waals surface area contributed by atoms with Gasteiger partial charge >= 0.3 is 0 Å². The van der Waals surface area contributed by atoms with Gasteiger partial charge in [-0.25, -0.2) is 0 Å². The first-order valence-corrected chi connectivity index (χ1v) is 6.16. The number of aromatic nitrogens is 1. The van der Waals surface area contributed by atoms with Gasteiger partial charge in [-0.1, -0.05) is 18.9 Å². The highest BCUT2D eigenvalue weighted by Crippen LogP contribution is 2.41. The maximum Gasteiger partial charge on any atom is 0.0886 e. The second kappa shape index (κ2) is 5.12. The number of rotatable bonds is 4. The van der Waals surface area contributed by atoms with E-state index >= 15 is 0 Å². The highest BCUT2D eigenvalue weighted by Gasteiger charge is 2.42. The molecule has 94 valence electrons. The Morgan fingerprint density at radius 2 is 2.12 bits per heavy atom. The van der Waals surface area contributed by atoms with Crippen LogP contribution in [0.4, 0.5) is 0 Å². The van der Waals surface area contributed by atoms with Gasteiger partial charge in [0.05, 0.1) is 11.6 Å². The Morgan fingerprint density at radius 1 is 1.41 bits per heavy atom. The second-order valence-electron chi connectivity index (χ2n) is 4.81. The second-order valence-corrected chi connectivity index (χ2v) is 4.81. The van der Waals surface area contributed by atoms with Crippen molar-refractivity contribution in [1.29, 1.82) is 0 Å². The summed E-state index contributed by atoms with van der Waals surface area (Å²) in [5.41, 5.74) is 4.85. The Bertz CT molecular complexity index is 357. The molecule has 1 fully saturated rings. The lowest BCUT2D eigenvalue weighted by atomic mass is 9.88. The van der Waals surface area contributed by atoms with Gasteiger partial charge in [-0.15, -0.1) is 0 Å². The molecule has 0 amide bonds. The SMILES string of the molecule is COC1(C(NN)c2ccc(C)nc2)CCCC1. The van der Waals surface area contributed by atoms with Gasteiger partial charge in [0.2, 0.25) is 0 Å². The molecular formula is C13H21N3O. The number of aryl methyl sites for hydroxylation is 1. The minimum Gasteiger partial charge on any atom is -0.376 e. The summed E-state index contributed by atoms with van der Waals surface area (Å²) in [5.74, 6) is 5.73. The van der Waals surface area contributed by atoms with Crippen LogP contribution < -0.4 is 11.3 Å². The number of pyridine rings is 1. The van der Waals surface area contributed by atoms with Crippen molar-refractivity contribution < 1.29 is 4.74 Å². The van der Waals surface area contributed by atoms with Gasteiger partial charge < -0.3 is 4.74 Å². The largest absolute Gasteiger partial charge is 0.376 e. The molecule has 1 aromatic heterocycles. The number of hydrazine groups is 1. The molecule has 3 N–H and O–H groups in total. The Kier molecular flexibility index (Phi) is 3.76. The number of hydrogen-bond donors (Lipinski definition) is 2. The van der Waals surface area contributed by atoms with Crippen LogP contribution in [0.1, 0.15) is 43.0 Å². The van der Waals surface area contributed by atoms with Crippen molar-refractivity contribution in [3.8, 4) is 0 Å². The Balaban J connectivity index is 2.28. The van der Waals surface area contributed by atoms with Crippen molar-refractivity contribution in [2.45, 2.75) is 44.2 Å². The lowest BCUT2D eigenvalue weighted by Crippen LogP contribution is -2.46. The first-order valence-electron chi connectivity index (χ1n) is 6.16. The fourth-order valence-corrected chi connectivity index (χ4v) is 2.79. The van der Waals surface area contributed by atoms with Crippen LogP contribution in [-0.4, -0.2) is 17.7 Å². The molecule has 0 saturated heterocycles. The average molecular weight is 235 g/mol. The van der Waals surface area contributed by atoms with Crippen molar-refractivity contribution >= 4 is 0 Å². The van der Waals surface area contributed by atoms with Gasteiger partial charge in [-0.05, 0) is 31.4 Å². The third-order valence-electron chi connectivity index (χ3n) is 3.82.